The number of carbonyl (C=O) groups is 3. The lowest BCUT2D eigenvalue weighted by molar-refractivity contribution is -0.135. The summed E-state index contributed by atoms with van der Waals surface area (Å²) in [5.41, 5.74) is 1.42. The van der Waals surface area contributed by atoms with E-state index in [1.54, 1.807) is 0 Å². The van der Waals surface area contributed by atoms with Gasteiger partial charge in [-0.05, 0) is 30.4 Å². The van der Waals surface area contributed by atoms with Gasteiger partial charge in [-0.2, -0.15) is 0 Å². The van der Waals surface area contributed by atoms with Gasteiger partial charge in [0.2, 0.25) is 5.91 Å². The second kappa shape index (κ2) is 6.63. The van der Waals surface area contributed by atoms with Gasteiger partial charge in [-0.15, -0.1) is 0 Å². The predicted octanol–water partition coefficient (Wildman–Crippen LogP) is 1.38. The second-order valence-electron chi connectivity index (χ2n) is 6.55. The number of hydrogen-bond donors (Lipinski definition) is 2. The van der Waals surface area contributed by atoms with Crippen LogP contribution in [0.15, 0.2) is 24.3 Å². The molecule has 2 aliphatic rings. The minimum atomic E-state index is -0.894. The SMILES string of the molecule is CCCCNC(=O)CN1C(=O)N[C@]2(CCc3ccccc3C2)C1=O. The number of aryl methyl sites for hydroxylation is 1. The van der Waals surface area contributed by atoms with Gasteiger partial charge in [0.25, 0.3) is 5.91 Å². The normalized spacial score (nSPS) is 22.5. The van der Waals surface area contributed by atoms with E-state index in [-0.39, 0.29) is 18.4 Å². The van der Waals surface area contributed by atoms with Crippen LogP contribution in [0.4, 0.5) is 4.79 Å². The third-order valence-corrected chi connectivity index (χ3v) is 4.83. The van der Waals surface area contributed by atoms with E-state index < -0.39 is 11.6 Å². The molecular formula is C18H23N3O3. The molecule has 128 valence electrons. The van der Waals surface area contributed by atoms with Crippen molar-refractivity contribution in [2.45, 2.75) is 44.6 Å². The molecule has 4 amide bonds. The lowest BCUT2D eigenvalue weighted by atomic mass is 9.78. The Morgan fingerprint density at radius 2 is 2.04 bits per heavy atom. The van der Waals surface area contributed by atoms with Crippen molar-refractivity contribution >= 4 is 17.8 Å². The Hall–Kier alpha value is -2.37. The van der Waals surface area contributed by atoms with E-state index in [0.717, 1.165) is 29.7 Å². The molecule has 1 atom stereocenters. The Bertz CT molecular complexity index is 673. The third-order valence-electron chi connectivity index (χ3n) is 4.83. The van der Waals surface area contributed by atoms with Gasteiger partial charge >= 0.3 is 6.03 Å². The molecule has 6 nitrogen and oxygen atoms in total. The van der Waals surface area contributed by atoms with Crippen LogP contribution in [0.3, 0.4) is 0 Å². The van der Waals surface area contributed by atoms with E-state index in [4.69, 9.17) is 0 Å². The summed E-state index contributed by atoms with van der Waals surface area (Å²) in [6.07, 6.45) is 3.67. The van der Waals surface area contributed by atoms with Gasteiger partial charge in [0.15, 0.2) is 0 Å². The zero-order valence-electron chi connectivity index (χ0n) is 13.9. The number of amides is 4. The Balaban J connectivity index is 1.69. The third kappa shape index (κ3) is 3.00. The molecule has 0 bridgehead atoms. The minimum absolute atomic E-state index is 0.211. The predicted molar refractivity (Wildman–Crippen MR) is 89.4 cm³/mol. The zero-order chi connectivity index (χ0) is 17.2. The molecule has 0 saturated carbocycles. The van der Waals surface area contributed by atoms with Crippen LogP contribution in [0.1, 0.15) is 37.3 Å². The van der Waals surface area contributed by atoms with E-state index in [1.807, 2.05) is 25.1 Å². The van der Waals surface area contributed by atoms with Crippen molar-refractivity contribution in [2.24, 2.45) is 0 Å². The van der Waals surface area contributed by atoms with Crippen LogP contribution in [-0.4, -0.2) is 41.4 Å². The highest BCUT2D eigenvalue weighted by Crippen LogP contribution is 2.33. The molecule has 0 aromatic heterocycles. The fraction of sp³-hybridized carbons (Fsp3) is 0.500. The number of rotatable bonds is 5. The highest BCUT2D eigenvalue weighted by molar-refractivity contribution is 6.09. The molecular weight excluding hydrogens is 306 g/mol. The maximum absolute atomic E-state index is 12.8. The summed E-state index contributed by atoms with van der Waals surface area (Å²) in [6, 6.07) is 7.51. The average molecular weight is 329 g/mol. The molecule has 24 heavy (non-hydrogen) atoms. The first-order chi connectivity index (χ1) is 11.6. The highest BCUT2D eigenvalue weighted by atomic mass is 16.2. The van der Waals surface area contributed by atoms with Crippen LogP contribution < -0.4 is 10.6 Å². The van der Waals surface area contributed by atoms with Crippen molar-refractivity contribution in [1.29, 1.82) is 0 Å². The summed E-state index contributed by atoms with van der Waals surface area (Å²) in [6.45, 7) is 2.39. The molecule has 6 heteroatoms. The largest absolute Gasteiger partial charge is 0.355 e. The number of carbonyl (C=O) groups excluding carboxylic acids is 3. The Morgan fingerprint density at radius 1 is 1.29 bits per heavy atom. The number of urea groups is 1. The van der Waals surface area contributed by atoms with Crippen LogP contribution >= 0.6 is 0 Å². The zero-order valence-corrected chi connectivity index (χ0v) is 13.9. The molecule has 1 aromatic carbocycles. The van der Waals surface area contributed by atoms with Crippen LogP contribution in [0.5, 0.6) is 0 Å². The van der Waals surface area contributed by atoms with E-state index >= 15 is 0 Å². The fourth-order valence-corrected chi connectivity index (χ4v) is 3.45. The number of fused-ring (bicyclic) bond motifs is 1. The first-order valence-corrected chi connectivity index (χ1v) is 8.53. The minimum Gasteiger partial charge on any atom is -0.355 e. The van der Waals surface area contributed by atoms with Crippen LogP contribution in [0, 0.1) is 0 Å². The van der Waals surface area contributed by atoms with Crippen molar-refractivity contribution < 1.29 is 14.4 Å². The summed E-state index contributed by atoms with van der Waals surface area (Å²) in [5, 5.41) is 5.59. The first-order valence-electron chi connectivity index (χ1n) is 8.53. The molecule has 1 saturated heterocycles. The number of nitrogens with zero attached hydrogens (tertiary/aromatic N) is 1. The molecule has 0 radical (unpaired) electrons. The second-order valence-corrected chi connectivity index (χ2v) is 6.55. The van der Waals surface area contributed by atoms with E-state index in [0.29, 0.717) is 19.4 Å². The van der Waals surface area contributed by atoms with Gasteiger partial charge in [-0.1, -0.05) is 37.6 Å². The quantitative estimate of drug-likeness (QED) is 0.633. The van der Waals surface area contributed by atoms with Gasteiger partial charge in [0.05, 0.1) is 0 Å². The summed E-state index contributed by atoms with van der Waals surface area (Å²) >= 11 is 0. The first kappa shape index (κ1) is 16.5. The topological polar surface area (TPSA) is 78.5 Å². The Kier molecular flexibility index (Phi) is 4.55. The molecule has 1 spiro atoms. The van der Waals surface area contributed by atoms with Gasteiger partial charge < -0.3 is 10.6 Å². The van der Waals surface area contributed by atoms with Crippen molar-refractivity contribution in [3.63, 3.8) is 0 Å². The Labute approximate surface area is 141 Å². The average Bonchev–Trinajstić information content (AvgIpc) is 2.79. The standard InChI is InChI=1S/C18H23N3O3/c1-2-3-10-19-15(22)12-21-16(23)18(20-17(21)24)9-8-13-6-4-5-7-14(13)11-18/h4-7H,2-3,8-12H2,1H3,(H,19,22)(H,20,24)/t18-/m0/s1. The van der Waals surface area contributed by atoms with Gasteiger partial charge in [-0.3, -0.25) is 14.5 Å². The molecule has 1 aliphatic carbocycles. The monoisotopic (exact) mass is 329 g/mol. The van der Waals surface area contributed by atoms with E-state index in [2.05, 4.69) is 16.7 Å². The van der Waals surface area contributed by atoms with Crippen molar-refractivity contribution in [1.82, 2.24) is 15.5 Å². The summed E-state index contributed by atoms with van der Waals surface area (Å²) in [7, 11) is 0. The fourth-order valence-electron chi connectivity index (χ4n) is 3.45. The maximum Gasteiger partial charge on any atom is 0.325 e. The van der Waals surface area contributed by atoms with E-state index in [9.17, 15) is 14.4 Å². The number of nitrogens with one attached hydrogen (secondary N) is 2. The van der Waals surface area contributed by atoms with Gasteiger partial charge in [-0.25, -0.2) is 4.79 Å². The van der Waals surface area contributed by atoms with Crippen LogP contribution in [0.2, 0.25) is 0 Å². The van der Waals surface area contributed by atoms with Gasteiger partial charge in [0, 0.05) is 13.0 Å². The maximum atomic E-state index is 12.8. The Morgan fingerprint density at radius 3 is 2.79 bits per heavy atom. The van der Waals surface area contributed by atoms with Crippen LogP contribution in [0.25, 0.3) is 0 Å². The summed E-state index contributed by atoms with van der Waals surface area (Å²) in [4.78, 5) is 38.1. The molecule has 1 heterocycles. The summed E-state index contributed by atoms with van der Waals surface area (Å²) < 4.78 is 0. The molecule has 2 N–H and O–H groups in total. The highest BCUT2D eigenvalue weighted by Gasteiger charge is 2.52. The molecule has 1 aliphatic heterocycles. The van der Waals surface area contributed by atoms with Crippen molar-refractivity contribution in [3.8, 4) is 0 Å². The number of imide groups is 1. The van der Waals surface area contributed by atoms with Gasteiger partial charge in [0.1, 0.15) is 12.1 Å². The van der Waals surface area contributed by atoms with Crippen molar-refractivity contribution in [2.75, 3.05) is 13.1 Å². The molecule has 1 aromatic rings. The lowest BCUT2D eigenvalue weighted by Crippen LogP contribution is -2.51. The smallest absolute Gasteiger partial charge is 0.325 e. The molecule has 0 unspecified atom stereocenters. The summed E-state index contributed by atoms with van der Waals surface area (Å²) in [5.74, 6) is -0.576. The van der Waals surface area contributed by atoms with Crippen molar-refractivity contribution in [3.05, 3.63) is 35.4 Å². The molecule has 3 rings (SSSR count). The number of benzene rings is 1. The van der Waals surface area contributed by atoms with E-state index in [1.165, 1.54) is 5.56 Å². The molecule has 1 fully saturated rings. The number of unbranched alkanes of at least 4 members (excludes halogenated alkanes) is 1. The number of hydrogen-bond acceptors (Lipinski definition) is 3. The van der Waals surface area contributed by atoms with Crippen LogP contribution in [-0.2, 0) is 22.4 Å². The lowest BCUT2D eigenvalue weighted by Gasteiger charge is -2.32.